The highest BCUT2D eigenvalue weighted by molar-refractivity contribution is 9.10. The van der Waals surface area contributed by atoms with E-state index >= 15 is 0 Å². The van der Waals surface area contributed by atoms with Gasteiger partial charge in [-0.3, -0.25) is 0 Å². The molecule has 2 N–H and O–H groups in total. The molecular formula is C14H19BrO3. The number of aryl methyl sites for hydroxylation is 1. The number of ether oxygens (including phenoxy) is 1. The molecular weight excluding hydrogens is 296 g/mol. The number of hydrogen-bond acceptors (Lipinski definition) is 3. The first kappa shape index (κ1) is 13.8. The molecule has 0 amide bonds. The molecule has 0 spiro atoms. The third kappa shape index (κ3) is 2.71. The zero-order chi connectivity index (χ0) is 13.3. The predicted octanol–water partition coefficient (Wildman–Crippen LogP) is 2.93. The van der Waals surface area contributed by atoms with Crippen molar-refractivity contribution < 1.29 is 14.9 Å². The molecule has 1 aromatic carbocycles. The van der Waals surface area contributed by atoms with Crippen molar-refractivity contribution in [3.63, 3.8) is 0 Å². The highest BCUT2D eigenvalue weighted by atomic mass is 79.9. The van der Waals surface area contributed by atoms with Crippen LogP contribution in [0.4, 0.5) is 0 Å². The molecule has 4 heteroatoms. The van der Waals surface area contributed by atoms with E-state index in [0.29, 0.717) is 5.75 Å². The third-order valence-electron chi connectivity index (χ3n) is 3.59. The van der Waals surface area contributed by atoms with Gasteiger partial charge in [-0.25, -0.2) is 0 Å². The summed E-state index contributed by atoms with van der Waals surface area (Å²) in [5.41, 5.74) is 0.951. The lowest BCUT2D eigenvalue weighted by atomic mass is 10.0. The van der Waals surface area contributed by atoms with Gasteiger partial charge in [0.2, 0.25) is 0 Å². The number of halogens is 1. The number of benzene rings is 1. The zero-order valence-electron chi connectivity index (χ0n) is 10.7. The third-order valence-corrected chi connectivity index (χ3v) is 4.05. The van der Waals surface area contributed by atoms with E-state index in [4.69, 9.17) is 4.74 Å². The number of hydrogen-bond donors (Lipinski definition) is 2. The second kappa shape index (κ2) is 5.19. The maximum atomic E-state index is 10.2. The Balaban J connectivity index is 2.29. The van der Waals surface area contributed by atoms with E-state index in [9.17, 15) is 10.2 Å². The molecule has 1 saturated carbocycles. The normalized spacial score (nSPS) is 27.5. The van der Waals surface area contributed by atoms with Gasteiger partial charge in [-0.05, 0) is 50.8 Å². The Kier molecular flexibility index (Phi) is 3.99. The fourth-order valence-electron chi connectivity index (χ4n) is 2.53. The topological polar surface area (TPSA) is 49.7 Å². The first-order chi connectivity index (χ1) is 8.44. The standard InChI is InChI=1S/C14H19BrO3/c1-9-6-11(15)7-10(8-16)13(9)18-12-4-3-5-14(12,2)17/h6-7,12,16-17H,3-5,8H2,1-2H3. The molecule has 0 aromatic heterocycles. The average Bonchev–Trinajstić information content (AvgIpc) is 2.61. The second-order valence-corrected chi connectivity index (χ2v) is 6.14. The Bertz CT molecular complexity index is 443. The SMILES string of the molecule is Cc1cc(Br)cc(CO)c1OC1CCCC1(C)O. The van der Waals surface area contributed by atoms with Crippen molar-refractivity contribution in [1.29, 1.82) is 0 Å². The summed E-state index contributed by atoms with van der Waals surface area (Å²) in [4.78, 5) is 0. The smallest absolute Gasteiger partial charge is 0.128 e. The summed E-state index contributed by atoms with van der Waals surface area (Å²) in [7, 11) is 0. The minimum Gasteiger partial charge on any atom is -0.487 e. The van der Waals surface area contributed by atoms with Crippen LogP contribution in [0.2, 0.25) is 0 Å². The van der Waals surface area contributed by atoms with Crippen molar-refractivity contribution in [3.8, 4) is 5.75 Å². The first-order valence-corrected chi connectivity index (χ1v) is 7.02. The Morgan fingerprint density at radius 1 is 1.50 bits per heavy atom. The minimum atomic E-state index is -0.772. The molecule has 0 radical (unpaired) electrons. The fraction of sp³-hybridized carbons (Fsp3) is 0.571. The summed E-state index contributed by atoms with van der Waals surface area (Å²) in [6, 6.07) is 3.81. The molecule has 100 valence electrons. The summed E-state index contributed by atoms with van der Waals surface area (Å²) in [6.07, 6.45) is 2.40. The number of rotatable bonds is 3. The van der Waals surface area contributed by atoms with E-state index in [0.717, 1.165) is 34.9 Å². The van der Waals surface area contributed by atoms with Crippen LogP contribution in [-0.2, 0) is 6.61 Å². The van der Waals surface area contributed by atoms with Crippen LogP contribution in [0.1, 0.15) is 37.3 Å². The minimum absolute atomic E-state index is 0.0650. The molecule has 0 saturated heterocycles. The van der Waals surface area contributed by atoms with Gasteiger partial charge in [-0.2, -0.15) is 0 Å². The lowest BCUT2D eigenvalue weighted by Crippen LogP contribution is -2.38. The Morgan fingerprint density at radius 2 is 2.22 bits per heavy atom. The van der Waals surface area contributed by atoms with Gasteiger partial charge in [0.15, 0.2) is 0 Å². The van der Waals surface area contributed by atoms with Gasteiger partial charge >= 0.3 is 0 Å². The molecule has 0 heterocycles. The van der Waals surface area contributed by atoms with Gasteiger partial charge < -0.3 is 14.9 Å². The van der Waals surface area contributed by atoms with Crippen molar-refractivity contribution in [3.05, 3.63) is 27.7 Å². The molecule has 1 aliphatic rings. The van der Waals surface area contributed by atoms with Gasteiger partial charge in [0.25, 0.3) is 0 Å². The van der Waals surface area contributed by atoms with Crippen LogP contribution in [0, 0.1) is 6.92 Å². The van der Waals surface area contributed by atoms with E-state index in [1.807, 2.05) is 26.0 Å². The van der Waals surface area contributed by atoms with Gasteiger partial charge in [0, 0.05) is 10.0 Å². The average molecular weight is 315 g/mol. The molecule has 3 nitrogen and oxygen atoms in total. The first-order valence-electron chi connectivity index (χ1n) is 6.23. The van der Waals surface area contributed by atoms with E-state index < -0.39 is 5.60 Å². The fourth-order valence-corrected chi connectivity index (χ4v) is 3.15. The summed E-state index contributed by atoms with van der Waals surface area (Å²) in [5.74, 6) is 0.702. The highest BCUT2D eigenvalue weighted by Crippen LogP contribution is 2.36. The van der Waals surface area contributed by atoms with Crippen LogP contribution in [0.5, 0.6) is 5.75 Å². The van der Waals surface area contributed by atoms with Crippen LogP contribution in [0.25, 0.3) is 0 Å². The zero-order valence-corrected chi connectivity index (χ0v) is 12.3. The molecule has 0 bridgehead atoms. The maximum absolute atomic E-state index is 10.2. The molecule has 18 heavy (non-hydrogen) atoms. The molecule has 2 atom stereocenters. The Morgan fingerprint density at radius 3 is 2.78 bits per heavy atom. The Labute approximate surface area is 116 Å². The van der Waals surface area contributed by atoms with Gasteiger partial charge in [0.05, 0.1) is 12.2 Å². The second-order valence-electron chi connectivity index (χ2n) is 5.22. The number of aliphatic hydroxyl groups excluding tert-OH is 1. The van der Waals surface area contributed by atoms with Crippen molar-refractivity contribution >= 4 is 15.9 Å². The molecule has 2 unspecified atom stereocenters. The van der Waals surface area contributed by atoms with E-state index in [-0.39, 0.29) is 12.7 Å². The predicted molar refractivity (Wildman–Crippen MR) is 73.7 cm³/mol. The van der Waals surface area contributed by atoms with Crippen LogP contribution in [0.3, 0.4) is 0 Å². The van der Waals surface area contributed by atoms with Crippen molar-refractivity contribution in [1.82, 2.24) is 0 Å². The molecule has 2 rings (SSSR count). The van der Waals surface area contributed by atoms with Crippen LogP contribution in [0.15, 0.2) is 16.6 Å². The quantitative estimate of drug-likeness (QED) is 0.902. The lowest BCUT2D eigenvalue weighted by molar-refractivity contribution is -0.0261. The molecule has 1 aliphatic carbocycles. The Hall–Kier alpha value is -0.580. The lowest BCUT2D eigenvalue weighted by Gasteiger charge is -2.28. The maximum Gasteiger partial charge on any atom is 0.128 e. The van der Waals surface area contributed by atoms with Crippen LogP contribution in [-0.4, -0.2) is 21.9 Å². The van der Waals surface area contributed by atoms with E-state index in [1.54, 1.807) is 0 Å². The van der Waals surface area contributed by atoms with Crippen molar-refractivity contribution in [2.75, 3.05) is 0 Å². The number of aliphatic hydroxyl groups is 2. The van der Waals surface area contributed by atoms with Crippen LogP contribution >= 0.6 is 15.9 Å². The molecule has 1 aromatic rings. The van der Waals surface area contributed by atoms with Gasteiger partial charge in [0.1, 0.15) is 11.9 Å². The summed E-state index contributed by atoms with van der Waals surface area (Å²) in [5, 5.41) is 19.6. The monoisotopic (exact) mass is 314 g/mol. The van der Waals surface area contributed by atoms with Gasteiger partial charge in [-0.1, -0.05) is 15.9 Å². The summed E-state index contributed by atoms with van der Waals surface area (Å²) >= 11 is 3.41. The van der Waals surface area contributed by atoms with Crippen molar-refractivity contribution in [2.24, 2.45) is 0 Å². The van der Waals surface area contributed by atoms with E-state index in [2.05, 4.69) is 15.9 Å². The molecule has 1 fully saturated rings. The van der Waals surface area contributed by atoms with Crippen LogP contribution < -0.4 is 4.74 Å². The highest BCUT2D eigenvalue weighted by Gasteiger charge is 2.39. The summed E-state index contributed by atoms with van der Waals surface area (Å²) < 4.78 is 6.89. The largest absolute Gasteiger partial charge is 0.487 e. The van der Waals surface area contributed by atoms with E-state index in [1.165, 1.54) is 0 Å². The van der Waals surface area contributed by atoms with Crippen molar-refractivity contribution in [2.45, 2.75) is 51.4 Å². The van der Waals surface area contributed by atoms with Gasteiger partial charge in [-0.15, -0.1) is 0 Å². The summed E-state index contributed by atoms with van der Waals surface area (Å²) in [6.45, 7) is 3.70. The molecule has 0 aliphatic heterocycles.